The highest BCUT2D eigenvalue weighted by molar-refractivity contribution is 7.11. The summed E-state index contributed by atoms with van der Waals surface area (Å²) in [6.45, 7) is 0.663. The van der Waals surface area contributed by atoms with Crippen LogP contribution in [0.4, 0.5) is 0 Å². The van der Waals surface area contributed by atoms with Crippen LogP contribution >= 0.6 is 11.3 Å². The van der Waals surface area contributed by atoms with E-state index >= 15 is 0 Å². The van der Waals surface area contributed by atoms with Gasteiger partial charge in [0.15, 0.2) is 0 Å². The molecule has 15 heavy (non-hydrogen) atoms. The van der Waals surface area contributed by atoms with E-state index in [1.54, 1.807) is 5.51 Å². The molecule has 0 bridgehead atoms. The summed E-state index contributed by atoms with van der Waals surface area (Å²) in [5.74, 6) is 0.771. The maximum absolute atomic E-state index is 5.47. The molecule has 0 spiro atoms. The van der Waals surface area contributed by atoms with Crippen molar-refractivity contribution >= 4 is 11.3 Å². The molecule has 0 radical (unpaired) electrons. The molecule has 0 saturated carbocycles. The minimum absolute atomic E-state index is 0.557. The molecule has 5 heteroatoms. The lowest BCUT2D eigenvalue weighted by Gasteiger charge is -2.02. The second kappa shape index (κ2) is 4.86. The van der Waals surface area contributed by atoms with Crippen molar-refractivity contribution in [3.63, 3.8) is 0 Å². The molecule has 0 aliphatic rings. The van der Waals surface area contributed by atoms with E-state index in [1.807, 2.05) is 24.3 Å². The minimum Gasteiger partial charge on any atom is -0.430 e. The Morgan fingerprint density at radius 3 is 2.67 bits per heavy atom. The van der Waals surface area contributed by atoms with Crippen molar-refractivity contribution in [2.45, 2.75) is 6.42 Å². The summed E-state index contributed by atoms with van der Waals surface area (Å²) in [6.07, 6.45) is 0.888. The Labute approximate surface area is 91.7 Å². The lowest BCUT2D eigenvalue weighted by atomic mass is 10.1. The summed E-state index contributed by atoms with van der Waals surface area (Å²) in [5.41, 5.74) is 8.31. The Morgan fingerprint density at radius 2 is 2.07 bits per heavy atom. The number of nitrogens with two attached hydrogens (primary N) is 1. The van der Waals surface area contributed by atoms with E-state index in [9.17, 15) is 0 Å². The molecule has 4 nitrogen and oxygen atoms in total. The van der Waals surface area contributed by atoms with E-state index in [-0.39, 0.29) is 0 Å². The Kier molecular flexibility index (Phi) is 3.26. The Balaban J connectivity index is 2.04. The molecule has 0 fully saturated rings. The molecule has 0 aliphatic carbocycles. The fraction of sp³-hybridized carbons (Fsp3) is 0.200. The van der Waals surface area contributed by atoms with Gasteiger partial charge in [0.05, 0.1) is 0 Å². The monoisotopic (exact) mass is 221 g/mol. The number of aromatic nitrogens is 2. The van der Waals surface area contributed by atoms with Gasteiger partial charge in [-0.25, -0.2) is 0 Å². The molecule has 78 valence electrons. The smallest absolute Gasteiger partial charge is 0.299 e. The van der Waals surface area contributed by atoms with Gasteiger partial charge in [-0.2, -0.15) is 0 Å². The van der Waals surface area contributed by atoms with Crippen molar-refractivity contribution in [3.05, 3.63) is 35.3 Å². The van der Waals surface area contributed by atoms with E-state index in [1.165, 1.54) is 16.9 Å². The van der Waals surface area contributed by atoms with E-state index in [4.69, 9.17) is 10.5 Å². The quantitative estimate of drug-likeness (QED) is 0.855. The number of hydrogen-bond acceptors (Lipinski definition) is 5. The Bertz CT molecular complexity index is 399. The Morgan fingerprint density at radius 1 is 1.27 bits per heavy atom. The van der Waals surface area contributed by atoms with Crippen molar-refractivity contribution < 1.29 is 4.74 Å². The second-order valence-corrected chi connectivity index (χ2v) is 3.79. The minimum atomic E-state index is 0.557. The van der Waals surface area contributed by atoms with Crippen LogP contribution in [-0.2, 0) is 6.42 Å². The summed E-state index contributed by atoms with van der Waals surface area (Å²) in [4.78, 5) is 0. The van der Waals surface area contributed by atoms with Crippen LogP contribution in [0, 0.1) is 0 Å². The average Bonchev–Trinajstić information content (AvgIpc) is 2.74. The molecule has 1 aromatic carbocycles. The van der Waals surface area contributed by atoms with Crippen LogP contribution in [0.1, 0.15) is 5.56 Å². The summed E-state index contributed by atoms with van der Waals surface area (Å²) in [6, 6.07) is 7.82. The van der Waals surface area contributed by atoms with Gasteiger partial charge in [-0.3, -0.25) is 0 Å². The SMILES string of the molecule is NCCc1ccc(Oc2nncs2)cc1. The first-order chi connectivity index (χ1) is 7.38. The summed E-state index contributed by atoms with van der Waals surface area (Å²) in [7, 11) is 0. The van der Waals surface area contributed by atoms with Gasteiger partial charge in [-0.05, 0) is 30.7 Å². The predicted molar refractivity (Wildman–Crippen MR) is 59.2 cm³/mol. The predicted octanol–water partition coefficient (Wildman–Crippen LogP) is 1.83. The van der Waals surface area contributed by atoms with Crippen LogP contribution in [0.3, 0.4) is 0 Å². The van der Waals surface area contributed by atoms with Crippen molar-refractivity contribution in [2.24, 2.45) is 5.73 Å². The first-order valence-electron chi connectivity index (χ1n) is 4.61. The zero-order valence-electron chi connectivity index (χ0n) is 8.09. The normalized spacial score (nSPS) is 10.2. The molecular weight excluding hydrogens is 210 g/mol. The number of rotatable bonds is 4. The van der Waals surface area contributed by atoms with Crippen LogP contribution in [0.15, 0.2) is 29.8 Å². The van der Waals surface area contributed by atoms with Crippen molar-refractivity contribution in [2.75, 3.05) is 6.54 Å². The van der Waals surface area contributed by atoms with Crippen LogP contribution in [0.5, 0.6) is 10.9 Å². The molecule has 0 aliphatic heterocycles. The van der Waals surface area contributed by atoms with E-state index in [0.29, 0.717) is 11.7 Å². The zero-order chi connectivity index (χ0) is 10.5. The lowest BCUT2D eigenvalue weighted by molar-refractivity contribution is 0.473. The number of nitrogens with zero attached hydrogens (tertiary/aromatic N) is 2. The van der Waals surface area contributed by atoms with Crippen LogP contribution < -0.4 is 10.5 Å². The molecule has 1 aromatic heterocycles. The highest BCUT2D eigenvalue weighted by Crippen LogP contribution is 2.22. The maximum Gasteiger partial charge on any atom is 0.299 e. The fourth-order valence-electron chi connectivity index (χ4n) is 1.20. The lowest BCUT2D eigenvalue weighted by Crippen LogP contribution is -2.02. The summed E-state index contributed by atoms with van der Waals surface area (Å²) in [5, 5.41) is 8.05. The van der Waals surface area contributed by atoms with Crippen LogP contribution in [0.2, 0.25) is 0 Å². The van der Waals surface area contributed by atoms with Crippen molar-refractivity contribution in [3.8, 4) is 10.9 Å². The third kappa shape index (κ3) is 2.74. The summed E-state index contributed by atoms with van der Waals surface area (Å²) < 4.78 is 5.47. The van der Waals surface area contributed by atoms with Gasteiger partial charge in [0.25, 0.3) is 5.19 Å². The van der Waals surface area contributed by atoms with Gasteiger partial charge >= 0.3 is 0 Å². The number of ether oxygens (including phenoxy) is 1. The fourth-order valence-corrected chi connectivity index (χ4v) is 1.62. The van der Waals surface area contributed by atoms with E-state index in [2.05, 4.69) is 10.2 Å². The van der Waals surface area contributed by atoms with Gasteiger partial charge in [0, 0.05) is 0 Å². The molecule has 1 heterocycles. The van der Waals surface area contributed by atoms with Crippen LogP contribution in [0.25, 0.3) is 0 Å². The molecule has 2 rings (SSSR count). The van der Waals surface area contributed by atoms with Gasteiger partial charge in [-0.1, -0.05) is 28.6 Å². The standard InChI is InChI=1S/C10H11N3OS/c11-6-5-8-1-3-9(4-2-8)14-10-13-12-7-15-10/h1-4,7H,5-6,11H2. The van der Waals surface area contributed by atoms with E-state index < -0.39 is 0 Å². The highest BCUT2D eigenvalue weighted by Gasteiger charge is 1.99. The highest BCUT2D eigenvalue weighted by atomic mass is 32.1. The zero-order valence-corrected chi connectivity index (χ0v) is 8.91. The molecular formula is C10H11N3OS. The van der Waals surface area contributed by atoms with Gasteiger partial charge in [0.1, 0.15) is 11.3 Å². The van der Waals surface area contributed by atoms with Gasteiger partial charge in [0.2, 0.25) is 0 Å². The van der Waals surface area contributed by atoms with Crippen molar-refractivity contribution in [1.82, 2.24) is 10.2 Å². The second-order valence-electron chi connectivity index (χ2n) is 2.99. The maximum atomic E-state index is 5.47. The average molecular weight is 221 g/mol. The largest absolute Gasteiger partial charge is 0.430 e. The van der Waals surface area contributed by atoms with E-state index in [0.717, 1.165) is 12.2 Å². The first kappa shape index (κ1) is 10.1. The molecule has 0 atom stereocenters. The number of hydrogen-bond donors (Lipinski definition) is 1. The third-order valence-electron chi connectivity index (χ3n) is 1.90. The topological polar surface area (TPSA) is 61.0 Å². The molecule has 2 aromatic rings. The molecule has 2 N–H and O–H groups in total. The van der Waals surface area contributed by atoms with Gasteiger partial charge in [-0.15, -0.1) is 5.10 Å². The molecule has 0 saturated heterocycles. The van der Waals surface area contributed by atoms with Crippen LogP contribution in [-0.4, -0.2) is 16.7 Å². The molecule has 0 unspecified atom stereocenters. The van der Waals surface area contributed by atoms with Crippen molar-refractivity contribution in [1.29, 1.82) is 0 Å². The first-order valence-corrected chi connectivity index (χ1v) is 5.49. The summed E-state index contributed by atoms with van der Waals surface area (Å²) >= 11 is 1.37. The molecule has 0 amide bonds. The van der Waals surface area contributed by atoms with Gasteiger partial charge < -0.3 is 10.5 Å². The Hall–Kier alpha value is -1.46. The number of benzene rings is 1. The third-order valence-corrected chi connectivity index (χ3v) is 2.47.